The van der Waals surface area contributed by atoms with Gasteiger partial charge in [0.1, 0.15) is 6.10 Å². The van der Waals surface area contributed by atoms with E-state index in [4.69, 9.17) is 10.5 Å². The molecule has 3 nitrogen and oxygen atoms in total. The maximum absolute atomic E-state index is 10.7. The summed E-state index contributed by atoms with van der Waals surface area (Å²) in [6, 6.07) is -0.0903. The topological polar surface area (TPSA) is 52.3 Å². The van der Waals surface area contributed by atoms with E-state index >= 15 is 0 Å². The fourth-order valence-corrected chi connectivity index (χ4v) is 1.23. The first-order valence-electron chi connectivity index (χ1n) is 3.56. The average Bonchev–Trinajstić information content (AvgIpc) is 2.10. The molecule has 2 N–H and O–H groups in total. The zero-order chi connectivity index (χ0) is 7.72. The zero-order valence-corrected chi connectivity index (χ0v) is 6.33. The molecule has 1 rings (SSSR count). The van der Waals surface area contributed by atoms with Gasteiger partial charge in [-0.1, -0.05) is 13.8 Å². The van der Waals surface area contributed by atoms with Crippen LogP contribution in [0.1, 0.15) is 20.3 Å². The van der Waals surface area contributed by atoms with Crippen LogP contribution in [0.15, 0.2) is 0 Å². The van der Waals surface area contributed by atoms with Crippen molar-refractivity contribution in [2.45, 2.75) is 32.4 Å². The van der Waals surface area contributed by atoms with E-state index in [0.717, 1.165) is 0 Å². The molecule has 0 aromatic carbocycles. The third-order valence-electron chi connectivity index (χ3n) is 1.75. The second-order valence-corrected chi connectivity index (χ2v) is 3.07. The van der Waals surface area contributed by atoms with Crippen LogP contribution in [0.5, 0.6) is 0 Å². The molecule has 1 aliphatic rings. The molecule has 0 aliphatic carbocycles. The summed E-state index contributed by atoms with van der Waals surface area (Å²) in [5.41, 5.74) is 5.62. The molecule has 10 heavy (non-hydrogen) atoms. The maximum atomic E-state index is 10.7. The number of carbonyl (C=O) groups is 1. The number of ether oxygens (including phenoxy) is 1. The van der Waals surface area contributed by atoms with Crippen molar-refractivity contribution in [3.63, 3.8) is 0 Å². The Hall–Kier alpha value is -0.570. The standard InChI is InChI=1S/C7H13NO2/c1-4(2)7-5(8)3-6(9)10-7/h4-5,7H,3,8H2,1-2H3. The van der Waals surface area contributed by atoms with Gasteiger partial charge in [0.05, 0.1) is 12.5 Å². The van der Waals surface area contributed by atoms with Gasteiger partial charge in [0.2, 0.25) is 0 Å². The third-order valence-corrected chi connectivity index (χ3v) is 1.75. The van der Waals surface area contributed by atoms with Gasteiger partial charge in [-0.2, -0.15) is 0 Å². The first-order valence-corrected chi connectivity index (χ1v) is 3.56. The Morgan fingerprint density at radius 1 is 1.70 bits per heavy atom. The van der Waals surface area contributed by atoms with Crippen molar-refractivity contribution in [3.05, 3.63) is 0 Å². The number of hydrogen-bond acceptors (Lipinski definition) is 3. The Morgan fingerprint density at radius 2 is 2.30 bits per heavy atom. The summed E-state index contributed by atoms with van der Waals surface area (Å²) in [5.74, 6) is 0.174. The summed E-state index contributed by atoms with van der Waals surface area (Å²) in [7, 11) is 0. The number of nitrogens with two attached hydrogens (primary N) is 1. The van der Waals surface area contributed by atoms with Gasteiger partial charge < -0.3 is 10.5 Å². The number of cyclic esters (lactones) is 1. The fraction of sp³-hybridized carbons (Fsp3) is 0.857. The van der Waals surface area contributed by atoms with Crippen LogP contribution in [-0.2, 0) is 9.53 Å². The summed E-state index contributed by atoms with van der Waals surface area (Å²) in [6.45, 7) is 4.01. The first kappa shape index (κ1) is 7.54. The molecule has 0 radical (unpaired) electrons. The molecular weight excluding hydrogens is 130 g/mol. The van der Waals surface area contributed by atoms with Crippen LogP contribution in [0.25, 0.3) is 0 Å². The van der Waals surface area contributed by atoms with Crippen LogP contribution in [0.4, 0.5) is 0 Å². The van der Waals surface area contributed by atoms with Crippen molar-refractivity contribution in [3.8, 4) is 0 Å². The summed E-state index contributed by atoms with van der Waals surface area (Å²) >= 11 is 0. The Bertz CT molecular complexity index is 145. The Kier molecular flexibility index (Phi) is 1.94. The molecule has 0 amide bonds. The van der Waals surface area contributed by atoms with E-state index in [1.807, 2.05) is 13.8 Å². The van der Waals surface area contributed by atoms with E-state index < -0.39 is 0 Å². The summed E-state index contributed by atoms with van der Waals surface area (Å²) in [5, 5.41) is 0. The Balaban J connectivity index is 2.54. The highest BCUT2D eigenvalue weighted by molar-refractivity contribution is 5.72. The molecule has 0 bridgehead atoms. The summed E-state index contributed by atoms with van der Waals surface area (Å²) < 4.78 is 4.97. The van der Waals surface area contributed by atoms with E-state index in [2.05, 4.69) is 0 Å². The van der Waals surface area contributed by atoms with Crippen molar-refractivity contribution in [1.29, 1.82) is 0 Å². The molecule has 1 heterocycles. The molecule has 0 spiro atoms. The zero-order valence-electron chi connectivity index (χ0n) is 6.33. The van der Waals surface area contributed by atoms with Crippen molar-refractivity contribution in [2.24, 2.45) is 11.7 Å². The molecule has 0 aromatic rings. The average molecular weight is 143 g/mol. The van der Waals surface area contributed by atoms with Crippen LogP contribution in [0, 0.1) is 5.92 Å². The monoisotopic (exact) mass is 143 g/mol. The molecule has 1 fully saturated rings. The number of esters is 1. The number of rotatable bonds is 1. The predicted molar refractivity (Wildman–Crippen MR) is 37.3 cm³/mol. The maximum Gasteiger partial charge on any atom is 0.307 e. The Labute approximate surface area is 60.5 Å². The molecule has 2 atom stereocenters. The van der Waals surface area contributed by atoms with E-state index in [1.165, 1.54) is 0 Å². The highest BCUT2D eigenvalue weighted by Crippen LogP contribution is 2.19. The second-order valence-electron chi connectivity index (χ2n) is 3.07. The molecule has 1 saturated heterocycles. The van der Waals surface area contributed by atoms with Crippen molar-refractivity contribution < 1.29 is 9.53 Å². The van der Waals surface area contributed by atoms with Gasteiger partial charge in [0, 0.05) is 0 Å². The van der Waals surface area contributed by atoms with E-state index in [1.54, 1.807) is 0 Å². The van der Waals surface area contributed by atoms with Gasteiger partial charge in [-0.3, -0.25) is 4.79 Å². The van der Waals surface area contributed by atoms with Crippen molar-refractivity contribution in [2.75, 3.05) is 0 Å². The molecular formula is C7H13NO2. The minimum absolute atomic E-state index is 0.0625. The lowest BCUT2D eigenvalue weighted by atomic mass is 10.0. The van der Waals surface area contributed by atoms with Crippen LogP contribution in [0.2, 0.25) is 0 Å². The lowest BCUT2D eigenvalue weighted by molar-refractivity contribution is -0.142. The minimum Gasteiger partial charge on any atom is -0.460 e. The van der Waals surface area contributed by atoms with Crippen molar-refractivity contribution >= 4 is 5.97 Å². The molecule has 2 unspecified atom stereocenters. The molecule has 58 valence electrons. The van der Waals surface area contributed by atoms with Crippen LogP contribution >= 0.6 is 0 Å². The first-order chi connectivity index (χ1) is 4.61. The fourth-order valence-electron chi connectivity index (χ4n) is 1.23. The lowest BCUT2D eigenvalue weighted by Gasteiger charge is -2.16. The number of carbonyl (C=O) groups excluding carboxylic acids is 1. The van der Waals surface area contributed by atoms with Crippen LogP contribution < -0.4 is 5.73 Å². The van der Waals surface area contributed by atoms with Crippen LogP contribution in [-0.4, -0.2) is 18.1 Å². The van der Waals surface area contributed by atoms with Gasteiger partial charge in [-0.05, 0) is 5.92 Å². The highest BCUT2D eigenvalue weighted by Gasteiger charge is 2.33. The molecule has 0 aromatic heterocycles. The van der Waals surface area contributed by atoms with Gasteiger partial charge in [0.25, 0.3) is 0 Å². The van der Waals surface area contributed by atoms with Gasteiger partial charge in [0.15, 0.2) is 0 Å². The van der Waals surface area contributed by atoms with Gasteiger partial charge in [-0.15, -0.1) is 0 Å². The largest absolute Gasteiger partial charge is 0.460 e. The number of hydrogen-bond donors (Lipinski definition) is 1. The Morgan fingerprint density at radius 3 is 2.50 bits per heavy atom. The third kappa shape index (κ3) is 1.29. The van der Waals surface area contributed by atoms with E-state index in [0.29, 0.717) is 12.3 Å². The quantitative estimate of drug-likeness (QED) is 0.536. The SMILES string of the molecule is CC(C)C1OC(=O)CC1N. The van der Waals surface area contributed by atoms with Crippen molar-refractivity contribution in [1.82, 2.24) is 0 Å². The van der Waals surface area contributed by atoms with E-state index in [9.17, 15) is 4.79 Å². The van der Waals surface area contributed by atoms with E-state index in [-0.39, 0.29) is 18.1 Å². The normalized spacial score (nSPS) is 33.0. The highest BCUT2D eigenvalue weighted by atomic mass is 16.6. The van der Waals surface area contributed by atoms with Gasteiger partial charge in [-0.25, -0.2) is 0 Å². The second kappa shape index (κ2) is 2.58. The summed E-state index contributed by atoms with van der Waals surface area (Å²) in [4.78, 5) is 10.7. The van der Waals surface area contributed by atoms with Gasteiger partial charge >= 0.3 is 5.97 Å². The lowest BCUT2D eigenvalue weighted by Crippen LogP contribution is -2.33. The van der Waals surface area contributed by atoms with Crippen LogP contribution in [0.3, 0.4) is 0 Å². The molecule has 0 saturated carbocycles. The minimum atomic E-state index is -0.161. The molecule has 1 aliphatic heterocycles. The molecule has 3 heteroatoms. The predicted octanol–water partition coefficient (Wildman–Crippen LogP) is 0.285. The summed E-state index contributed by atoms with van der Waals surface area (Å²) in [6.07, 6.45) is 0.315. The smallest absolute Gasteiger partial charge is 0.307 e.